The van der Waals surface area contributed by atoms with Crippen LogP contribution in [0.5, 0.6) is 5.75 Å². The largest absolute Gasteiger partial charge is 0.430 e. The minimum atomic E-state index is -5.96. The summed E-state index contributed by atoms with van der Waals surface area (Å²) in [4.78, 5) is 11.2. The number of benzene rings is 2. The predicted octanol–water partition coefficient (Wildman–Crippen LogP) is 5.26. The van der Waals surface area contributed by atoms with Crippen LogP contribution in [0.1, 0.15) is 19.4 Å². The van der Waals surface area contributed by atoms with E-state index in [1.54, 1.807) is 30.3 Å². The van der Waals surface area contributed by atoms with Crippen molar-refractivity contribution in [1.29, 1.82) is 0 Å². The van der Waals surface area contributed by atoms with Crippen LogP contribution in [0, 0.1) is 5.92 Å². The average Bonchev–Trinajstić information content (AvgIpc) is 3.15. The molecule has 0 fully saturated rings. The van der Waals surface area contributed by atoms with Crippen molar-refractivity contribution in [3.05, 3.63) is 60.2 Å². The van der Waals surface area contributed by atoms with E-state index < -0.39 is 29.7 Å². The zero-order chi connectivity index (χ0) is 23.7. The maximum atomic E-state index is 13.1. The number of oxime groups is 1. The molecule has 0 spiro atoms. The molecule has 11 heteroatoms. The van der Waals surface area contributed by atoms with Gasteiger partial charge in [-0.25, -0.2) is 0 Å². The van der Waals surface area contributed by atoms with Crippen LogP contribution in [0.15, 0.2) is 64.7 Å². The summed E-state index contributed by atoms with van der Waals surface area (Å²) in [6.45, 7) is 3.69. The van der Waals surface area contributed by atoms with Gasteiger partial charge in [-0.05, 0) is 30.2 Å². The molecule has 0 radical (unpaired) electrons. The molecule has 1 aliphatic rings. The number of hydrogen-bond acceptors (Lipinski definition) is 4. The van der Waals surface area contributed by atoms with Crippen molar-refractivity contribution in [2.45, 2.75) is 38.0 Å². The van der Waals surface area contributed by atoms with Crippen molar-refractivity contribution in [2.75, 3.05) is 4.90 Å². The molecule has 0 amide bonds. The number of hydrogen-bond donors (Lipinski definition) is 1. The number of anilines is 1. The SMILES string of the molecule is CC(C)C1N=C/C(=N/Oc2ccccc2)N1c1ccc(C(O)(C(F)(F)F)C(F)(F)F)cc1. The first-order chi connectivity index (χ1) is 14.9. The quantitative estimate of drug-likeness (QED) is 0.490. The Hall–Kier alpha value is -3.08. The van der Waals surface area contributed by atoms with E-state index in [-0.39, 0.29) is 17.4 Å². The first-order valence-electron chi connectivity index (χ1n) is 9.45. The normalized spacial score (nSPS) is 18.6. The Kier molecular flexibility index (Phi) is 6.23. The fourth-order valence-corrected chi connectivity index (χ4v) is 3.16. The molecule has 0 saturated heterocycles. The van der Waals surface area contributed by atoms with Gasteiger partial charge in [-0.1, -0.05) is 49.3 Å². The number of alkyl halides is 6. The van der Waals surface area contributed by atoms with Gasteiger partial charge in [0.25, 0.3) is 5.60 Å². The second-order valence-corrected chi connectivity index (χ2v) is 7.41. The zero-order valence-electron chi connectivity index (χ0n) is 16.9. The van der Waals surface area contributed by atoms with Gasteiger partial charge in [0.05, 0.1) is 6.21 Å². The summed E-state index contributed by atoms with van der Waals surface area (Å²) >= 11 is 0. The number of rotatable bonds is 5. The Morgan fingerprint density at radius 1 is 0.938 bits per heavy atom. The standard InChI is InChI=1S/C21H19F6N3O2/c1-13(2)18-28-12-17(29-32-16-6-4-3-5-7-16)30(18)15-10-8-14(9-11-15)19(31,20(22,23)24)21(25,26)27/h3-13,18,31H,1-2H3/b29-17-. The molecule has 1 atom stereocenters. The second kappa shape index (κ2) is 8.45. The molecule has 5 nitrogen and oxygen atoms in total. The molecule has 2 aromatic carbocycles. The fraction of sp³-hybridized carbons (Fsp3) is 0.333. The summed E-state index contributed by atoms with van der Waals surface area (Å²) in [5.74, 6) is 0.567. The first-order valence-corrected chi connectivity index (χ1v) is 9.45. The lowest BCUT2D eigenvalue weighted by atomic mass is 9.92. The fourth-order valence-electron chi connectivity index (χ4n) is 3.16. The number of aliphatic hydroxyl groups is 1. The molecule has 1 aliphatic heterocycles. The van der Waals surface area contributed by atoms with Gasteiger partial charge in [0.15, 0.2) is 11.6 Å². The number of amidine groups is 1. The molecule has 0 aromatic heterocycles. The van der Waals surface area contributed by atoms with Crippen molar-refractivity contribution >= 4 is 17.7 Å². The Morgan fingerprint density at radius 3 is 2.00 bits per heavy atom. The summed E-state index contributed by atoms with van der Waals surface area (Å²) in [6.07, 6.45) is -11.0. The summed E-state index contributed by atoms with van der Waals surface area (Å²) in [6, 6.07) is 11.8. The Labute approximate surface area is 179 Å². The molecule has 0 bridgehead atoms. The number of nitrogens with zero attached hydrogens (tertiary/aromatic N) is 3. The van der Waals surface area contributed by atoms with E-state index in [0.717, 1.165) is 12.1 Å². The van der Waals surface area contributed by atoms with Crippen LogP contribution >= 0.6 is 0 Å². The smallest absolute Gasteiger partial charge is 0.369 e. The maximum absolute atomic E-state index is 13.1. The molecule has 1 N–H and O–H groups in total. The second-order valence-electron chi connectivity index (χ2n) is 7.41. The van der Waals surface area contributed by atoms with Crippen molar-refractivity contribution < 1.29 is 36.3 Å². The average molecular weight is 459 g/mol. The van der Waals surface area contributed by atoms with Crippen molar-refractivity contribution in [2.24, 2.45) is 16.1 Å². The van der Waals surface area contributed by atoms with E-state index in [9.17, 15) is 31.4 Å². The molecule has 0 aliphatic carbocycles. The van der Waals surface area contributed by atoms with E-state index >= 15 is 0 Å². The monoisotopic (exact) mass is 459 g/mol. The van der Waals surface area contributed by atoms with Gasteiger partial charge in [-0.2, -0.15) is 26.3 Å². The molecule has 0 saturated carbocycles. The van der Waals surface area contributed by atoms with Gasteiger partial charge in [-0.15, -0.1) is 0 Å². The Balaban J connectivity index is 1.97. The Bertz CT molecular complexity index is 971. The number of para-hydroxylation sites is 1. The molecule has 2 aromatic rings. The van der Waals surface area contributed by atoms with E-state index in [0.29, 0.717) is 17.9 Å². The first kappa shape index (κ1) is 23.6. The van der Waals surface area contributed by atoms with Crippen LogP contribution in [0.2, 0.25) is 0 Å². The molecule has 1 heterocycles. The van der Waals surface area contributed by atoms with Crippen molar-refractivity contribution in [3.63, 3.8) is 0 Å². The minimum absolute atomic E-state index is 0.0716. The molecule has 3 rings (SSSR count). The van der Waals surface area contributed by atoms with E-state index in [4.69, 9.17) is 4.84 Å². The Morgan fingerprint density at radius 2 is 1.50 bits per heavy atom. The molecule has 172 valence electrons. The minimum Gasteiger partial charge on any atom is -0.369 e. The highest BCUT2D eigenvalue weighted by Crippen LogP contribution is 2.50. The van der Waals surface area contributed by atoms with Crippen LogP contribution < -0.4 is 9.74 Å². The van der Waals surface area contributed by atoms with Crippen LogP contribution in [-0.2, 0) is 5.60 Å². The van der Waals surface area contributed by atoms with E-state index in [2.05, 4.69) is 10.1 Å². The van der Waals surface area contributed by atoms with Gasteiger partial charge < -0.3 is 9.94 Å². The third-order valence-electron chi connectivity index (χ3n) is 4.82. The van der Waals surface area contributed by atoms with E-state index in [1.165, 1.54) is 11.1 Å². The maximum Gasteiger partial charge on any atom is 0.430 e. The lowest BCUT2D eigenvalue weighted by molar-refractivity contribution is -0.376. The van der Waals surface area contributed by atoms with Crippen LogP contribution in [0.3, 0.4) is 0 Å². The van der Waals surface area contributed by atoms with Crippen LogP contribution in [0.4, 0.5) is 32.0 Å². The van der Waals surface area contributed by atoms with Gasteiger partial charge in [-0.3, -0.25) is 9.89 Å². The summed E-state index contributed by atoms with van der Waals surface area (Å²) in [5.41, 5.74) is -6.11. The molecule has 1 unspecified atom stereocenters. The van der Waals surface area contributed by atoms with Gasteiger partial charge >= 0.3 is 12.4 Å². The zero-order valence-corrected chi connectivity index (χ0v) is 16.9. The van der Waals surface area contributed by atoms with Crippen molar-refractivity contribution in [1.82, 2.24) is 0 Å². The summed E-state index contributed by atoms with van der Waals surface area (Å²) in [7, 11) is 0. The van der Waals surface area contributed by atoms with Gasteiger partial charge in [0, 0.05) is 11.3 Å². The van der Waals surface area contributed by atoms with Gasteiger partial charge in [0.2, 0.25) is 0 Å². The van der Waals surface area contributed by atoms with E-state index in [1.807, 2.05) is 13.8 Å². The third kappa shape index (κ3) is 4.29. The van der Waals surface area contributed by atoms with Crippen LogP contribution in [-0.4, -0.2) is 35.7 Å². The predicted molar refractivity (Wildman–Crippen MR) is 107 cm³/mol. The molecule has 32 heavy (non-hydrogen) atoms. The highest BCUT2D eigenvalue weighted by atomic mass is 19.4. The highest BCUT2D eigenvalue weighted by molar-refractivity contribution is 6.37. The topological polar surface area (TPSA) is 57.4 Å². The third-order valence-corrected chi connectivity index (χ3v) is 4.82. The number of halogens is 6. The molecular weight excluding hydrogens is 440 g/mol. The number of aliphatic imine (C=N–C) groups is 1. The van der Waals surface area contributed by atoms with Gasteiger partial charge in [0.1, 0.15) is 6.17 Å². The molecular formula is C21H19F6N3O2. The summed E-state index contributed by atoms with van der Waals surface area (Å²) < 4.78 is 78.9. The van der Waals surface area contributed by atoms with Crippen LogP contribution in [0.25, 0.3) is 0 Å². The highest BCUT2D eigenvalue weighted by Gasteiger charge is 2.71. The lowest BCUT2D eigenvalue weighted by Crippen LogP contribution is -2.53. The van der Waals surface area contributed by atoms with Crippen molar-refractivity contribution in [3.8, 4) is 5.75 Å². The summed E-state index contributed by atoms with van der Waals surface area (Å²) in [5, 5.41) is 13.6. The lowest BCUT2D eigenvalue weighted by Gasteiger charge is -2.33.